The van der Waals surface area contributed by atoms with E-state index < -0.39 is 0 Å². The van der Waals surface area contributed by atoms with E-state index in [-0.39, 0.29) is 5.91 Å². The van der Waals surface area contributed by atoms with Crippen molar-refractivity contribution < 1.29 is 14.3 Å². The molecule has 0 saturated carbocycles. The van der Waals surface area contributed by atoms with Crippen LogP contribution in [0, 0.1) is 0 Å². The summed E-state index contributed by atoms with van der Waals surface area (Å²) in [6.45, 7) is 2.89. The molecule has 1 aromatic rings. The smallest absolute Gasteiger partial charge is 0.286 e. The number of nitrogens with zero attached hydrogens (tertiary/aromatic N) is 2. The maximum absolute atomic E-state index is 12.1. The molecule has 0 atom stereocenters. The number of rotatable bonds is 2. The van der Waals surface area contributed by atoms with Crippen molar-refractivity contribution in [3.05, 3.63) is 33.1 Å². The van der Waals surface area contributed by atoms with Crippen LogP contribution in [-0.2, 0) is 9.53 Å². The van der Waals surface area contributed by atoms with Gasteiger partial charge in [0.05, 0.1) is 25.2 Å². The number of benzene rings is 1. The SMILES string of the molecule is COc1ccc(Br)cc1C=C1SC(N2CCOCC2)=NC1=O. The van der Waals surface area contributed by atoms with E-state index in [1.807, 2.05) is 24.3 Å². The van der Waals surface area contributed by atoms with Gasteiger partial charge in [-0.2, -0.15) is 4.99 Å². The first-order chi connectivity index (χ1) is 10.7. The molecule has 3 rings (SSSR count). The molecule has 1 saturated heterocycles. The second-order valence-electron chi connectivity index (χ2n) is 4.80. The highest BCUT2D eigenvalue weighted by Gasteiger charge is 2.27. The molecule has 116 valence electrons. The van der Waals surface area contributed by atoms with Crippen LogP contribution in [0.4, 0.5) is 0 Å². The summed E-state index contributed by atoms with van der Waals surface area (Å²) in [4.78, 5) is 19.0. The Morgan fingerprint density at radius 3 is 2.91 bits per heavy atom. The Morgan fingerprint density at radius 2 is 2.18 bits per heavy atom. The third-order valence-electron chi connectivity index (χ3n) is 3.37. The quantitative estimate of drug-likeness (QED) is 0.736. The van der Waals surface area contributed by atoms with E-state index in [4.69, 9.17) is 9.47 Å². The molecule has 7 heteroatoms. The fourth-order valence-corrected chi connectivity index (χ4v) is 3.58. The van der Waals surface area contributed by atoms with Gasteiger partial charge in [0.25, 0.3) is 5.91 Å². The van der Waals surface area contributed by atoms with Crippen LogP contribution in [0.3, 0.4) is 0 Å². The normalized spacial score (nSPS) is 20.5. The number of amides is 1. The largest absolute Gasteiger partial charge is 0.496 e. The van der Waals surface area contributed by atoms with Gasteiger partial charge in [0, 0.05) is 23.1 Å². The molecule has 1 amide bonds. The Morgan fingerprint density at radius 1 is 1.41 bits per heavy atom. The number of amidine groups is 1. The summed E-state index contributed by atoms with van der Waals surface area (Å²) in [6.07, 6.45) is 1.83. The molecule has 22 heavy (non-hydrogen) atoms. The minimum absolute atomic E-state index is 0.200. The molecule has 0 bridgehead atoms. The van der Waals surface area contributed by atoms with Gasteiger partial charge in [-0.05, 0) is 36.0 Å². The van der Waals surface area contributed by atoms with Crippen LogP contribution in [0.1, 0.15) is 5.56 Å². The van der Waals surface area contributed by atoms with Crippen LogP contribution in [0.2, 0.25) is 0 Å². The van der Waals surface area contributed by atoms with Crippen molar-refractivity contribution in [2.45, 2.75) is 0 Å². The van der Waals surface area contributed by atoms with Crippen LogP contribution >= 0.6 is 27.7 Å². The van der Waals surface area contributed by atoms with E-state index in [0.717, 1.165) is 34.0 Å². The molecular formula is C15H15BrN2O3S. The van der Waals surface area contributed by atoms with Crippen molar-refractivity contribution in [1.29, 1.82) is 0 Å². The summed E-state index contributed by atoms with van der Waals surface area (Å²) in [5.74, 6) is 0.525. The van der Waals surface area contributed by atoms with Crippen molar-refractivity contribution in [1.82, 2.24) is 4.90 Å². The monoisotopic (exact) mass is 382 g/mol. The summed E-state index contributed by atoms with van der Waals surface area (Å²) in [7, 11) is 1.62. The van der Waals surface area contributed by atoms with Gasteiger partial charge in [-0.25, -0.2) is 0 Å². The van der Waals surface area contributed by atoms with E-state index in [1.54, 1.807) is 7.11 Å². The van der Waals surface area contributed by atoms with E-state index in [2.05, 4.69) is 25.8 Å². The molecule has 5 nitrogen and oxygen atoms in total. The lowest BCUT2D eigenvalue weighted by atomic mass is 10.2. The lowest BCUT2D eigenvalue weighted by Crippen LogP contribution is -2.38. The number of carbonyl (C=O) groups excluding carboxylic acids is 1. The molecule has 2 aliphatic heterocycles. The highest BCUT2D eigenvalue weighted by molar-refractivity contribution is 9.10. The van der Waals surface area contributed by atoms with Crippen molar-refractivity contribution >= 4 is 44.8 Å². The van der Waals surface area contributed by atoms with Gasteiger partial charge in [-0.1, -0.05) is 15.9 Å². The number of thioether (sulfide) groups is 1. The van der Waals surface area contributed by atoms with Crippen LogP contribution in [0.15, 0.2) is 32.6 Å². The summed E-state index contributed by atoms with van der Waals surface area (Å²) >= 11 is 4.84. The number of aliphatic imine (C=N–C) groups is 1. The molecule has 2 heterocycles. The zero-order chi connectivity index (χ0) is 15.5. The van der Waals surface area contributed by atoms with Gasteiger partial charge >= 0.3 is 0 Å². The molecule has 0 N–H and O–H groups in total. The molecule has 0 aromatic heterocycles. The molecule has 0 aliphatic carbocycles. The van der Waals surface area contributed by atoms with Gasteiger partial charge in [0.1, 0.15) is 5.75 Å². The van der Waals surface area contributed by atoms with E-state index in [0.29, 0.717) is 18.1 Å². The summed E-state index contributed by atoms with van der Waals surface area (Å²) < 4.78 is 11.6. The fourth-order valence-electron chi connectivity index (χ4n) is 2.25. The summed E-state index contributed by atoms with van der Waals surface area (Å²) in [5, 5.41) is 0.758. The molecule has 2 aliphatic rings. The third-order valence-corrected chi connectivity index (χ3v) is 4.91. The molecule has 0 spiro atoms. The highest BCUT2D eigenvalue weighted by Crippen LogP contribution is 2.33. The number of halogens is 1. The second kappa shape index (κ2) is 6.85. The first-order valence-electron chi connectivity index (χ1n) is 6.86. The number of hydrogen-bond donors (Lipinski definition) is 0. The van der Waals surface area contributed by atoms with Crippen LogP contribution in [-0.4, -0.2) is 49.4 Å². The van der Waals surface area contributed by atoms with Gasteiger partial charge in [0.2, 0.25) is 0 Å². The van der Waals surface area contributed by atoms with Crippen LogP contribution in [0.5, 0.6) is 5.75 Å². The Bertz CT molecular complexity index is 654. The number of hydrogen-bond acceptors (Lipinski definition) is 5. The predicted octanol–water partition coefficient (Wildman–Crippen LogP) is 2.76. The molecule has 1 fully saturated rings. The van der Waals surface area contributed by atoms with Crippen molar-refractivity contribution in [3.8, 4) is 5.75 Å². The number of carbonyl (C=O) groups is 1. The first kappa shape index (κ1) is 15.6. The van der Waals surface area contributed by atoms with E-state index in [1.165, 1.54) is 11.8 Å². The standard InChI is InChI=1S/C15H15BrN2O3S/c1-20-12-3-2-11(16)8-10(12)9-13-14(19)17-15(22-13)18-4-6-21-7-5-18/h2-3,8-9H,4-7H2,1H3. The Kier molecular flexibility index (Phi) is 4.85. The average Bonchev–Trinajstić information content (AvgIpc) is 2.90. The fraction of sp³-hybridized carbons (Fsp3) is 0.333. The van der Waals surface area contributed by atoms with Crippen LogP contribution in [0.25, 0.3) is 6.08 Å². The molecule has 0 unspecified atom stereocenters. The average molecular weight is 383 g/mol. The molecule has 0 radical (unpaired) electrons. The third kappa shape index (κ3) is 3.37. The predicted molar refractivity (Wildman–Crippen MR) is 91.1 cm³/mol. The zero-order valence-electron chi connectivity index (χ0n) is 12.0. The minimum Gasteiger partial charge on any atom is -0.496 e. The Hall–Kier alpha value is -1.31. The number of methoxy groups -OCH3 is 1. The highest BCUT2D eigenvalue weighted by atomic mass is 79.9. The van der Waals surface area contributed by atoms with E-state index in [9.17, 15) is 4.79 Å². The second-order valence-corrected chi connectivity index (χ2v) is 6.72. The molecule has 1 aromatic carbocycles. The summed E-state index contributed by atoms with van der Waals surface area (Å²) in [5.41, 5.74) is 0.853. The van der Waals surface area contributed by atoms with Gasteiger partial charge in [-0.15, -0.1) is 0 Å². The Labute approximate surface area is 141 Å². The van der Waals surface area contributed by atoms with Crippen molar-refractivity contribution in [2.75, 3.05) is 33.4 Å². The summed E-state index contributed by atoms with van der Waals surface area (Å²) in [6, 6.07) is 5.69. The van der Waals surface area contributed by atoms with Crippen LogP contribution < -0.4 is 4.74 Å². The Balaban J connectivity index is 1.82. The van der Waals surface area contributed by atoms with Gasteiger partial charge in [0.15, 0.2) is 5.17 Å². The lowest BCUT2D eigenvalue weighted by Gasteiger charge is -2.27. The topological polar surface area (TPSA) is 51.1 Å². The van der Waals surface area contributed by atoms with Gasteiger partial charge < -0.3 is 14.4 Å². The number of ether oxygens (including phenoxy) is 2. The van der Waals surface area contributed by atoms with E-state index >= 15 is 0 Å². The minimum atomic E-state index is -0.200. The zero-order valence-corrected chi connectivity index (χ0v) is 14.4. The molecular weight excluding hydrogens is 368 g/mol. The van der Waals surface area contributed by atoms with Gasteiger partial charge in [-0.3, -0.25) is 4.79 Å². The maximum atomic E-state index is 12.1. The van der Waals surface area contributed by atoms with Crippen molar-refractivity contribution in [3.63, 3.8) is 0 Å². The maximum Gasteiger partial charge on any atom is 0.286 e. The number of morpholine rings is 1. The lowest BCUT2D eigenvalue weighted by molar-refractivity contribution is -0.113. The van der Waals surface area contributed by atoms with Crippen molar-refractivity contribution in [2.24, 2.45) is 4.99 Å². The first-order valence-corrected chi connectivity index (χ1v) is 8.47.